The molecule has 1 amide bonds. The van der Waals surface area contributed by atoms with Crippen LogP contribution in [-0.2, 0) is 16.0 Å². The number of nitrogens with zero attached hydrogens (tertiary/aromatic N) is 1. The van der Waals surface area contributed by atoms with Gasteiger partial charge in [0, 0.05) is 0 Å². The van der Waals surface area contributed by atoms with Gasteiger partial charge in [-0.25, -0.2) is 14.6 Å². The molecule has 0 saturated carbocycles. The Morgan fingerprint density at radius 1 is 1.32 bits per heavy atom. The topological polar surface area (TPSA) is 77.5 Å². The van der Waals surface area contributed by atoms with Crippen LogP contribution in [0.3, 0.4) is 0 Å². The Labute approximate surface area is 132 Å². The van der Waals surface area contributed by atoms with Crippen molar-refractivity contribution in [3.63, 3.8) is 0 Å². The monoisotopic (exact) mass is 322 g/mol. The minimum atomic E-state index is -0.535. The average molecular weight is 322 g/mol. The van der Waals surface area contributed by atoms with Crippen LogP contribution in [0.15, 0.2) is 18.2 Å². The van der Waals surface area contributed by atoms with Crippen LogP contribution in [0.5, 0.6) is 0 Å². The van der Waals surface area contributed by atoms with E-state index in [1.165, 1.54) is 18.4 Å². The molecule has 0 saturated heterocycles. The van der Waals surface area contributed by atoms with Crippen molar-refractivity contribution in [3.05, 3.63) is 28.8 Å². The van der Waals surface area contributed by atoms with Crippen LogP contribution in [0, 0.1) is 0 Å². The second-order valence-electron chi connectivity index (χ2n) is 5.64. The van der Waals surface area contributed by atoms with Gasteiger partial charge in [-0.3, -0.25) is 0 Å². The molecule has 0 unspecified atom stereocenters. The van der Waals surface area contributed by atoms with E-state index in [4.69, 9.17) is 4.74 Å². The molecule has 1 heterocycles. The number of carbonyl (C=O) groups excluding carboxylic acids is 2. The van der Waals surface area contributed by atoms with Crippen molar-refractivity contribution in [2.45, 2.75) is 32.9 Å². The van der Waals surface area contributed by atoms with Crippen molar-refractivity contribution in [2.24, 2.45) is 0 Å². The number of hydrogen-bond donors (Lipinski definition) is 1. The fourth-order valence-electron chi connectivity index (χ4n) is 1.75. The highest BCUT2D eigenvalue weighted by atomic mass is 32.1. The second-order valence-corrected chi connectivity index (χ2v) is 6.75. The van der Waals surface area contributed by atoms with E-state index in [-0.39, 0.29) is 12.5 Å². The molecule has 2 aromatic rings. The number of methoxy groups -OCH3 is 1. The van der Waals surface area contributed by atoms with Crippen molar-refractivity contribution in [1.82, 2.24) is 10.3 Å². The number of esters is 1. The molecule has 0 atom stereocenters. The Balaban J connectivity index is 2.07. The van der Waals surface area contributed by atoms with Gasteiger partial charge < -0.3 is 14.8 Å². The summed E-state index contributed by atoms with van der Waals surface area (Å²) in [4.78, 5) is 27.5. The molecule has 0 bridgehead atoms. The van der Waals surface area contributed by atoms with E-state index in [2.05, 4.69) is 15.0 Å². The second kappa shape index (κ2) is 6.31. The number of rotatable bonds is 3. The molecule has 0 spiro atoms. The molecule has 6 nitrogen and oxygen atoms in total. The first-order valence-corrected chi connectivity index (χ1v) is 7.55. The predicted octanol–water partition coefficient (Wildman–Crippen LogP) is 3.11. The summed E-state index contributed by atoms with van der Waals surface area (Å²) in [5.74, 6) is -0.385. The maximum absolute atomic E-state index is 11.6. The number of amides is 1. The summed E-state index contributed by atoms with van der Waals surface area (Å²) >= 11 is 1.41. The van der Waals surface area contributed by atoms with Crippen molar-refractivity contribution < 1.29 is 19.1 Å². The molecule has 7 heteroatoms. The van der Waals surface area contributed by atoms with Crippen LogP contribution in [0.1, 0.15) is 36.1 Å². The van der Waals surface area contributed by atoms with Gasteiger partial charge in [-0.2, -0.15) is 0 Å². The molecule has 0 aliphatic heterocycles. The van der Waals surface area contributed by atoms with E-state index in [0.717, 1.165) is 15.2 Å². The lowest BCUT2D eigenvalue weighted by Gasteiger charge is -2.19. The highest BCUT2D eigenvalue weighted by Gasteiger charge is 2.16. The van der Waals surface area contributed by atoms with Gasteiger partial charge in [0.15, 0.2) is 0 Å². The number of nitrogens with one attached hydrogen (secondary N) is 1. The van der Waals surface area contributed by atoms with Crippen LogP contribution in [0.2, 0.25) is 0 Å². The lowest BCUT2D eigenvalue weighted by atomic mass is 10.2. The van der Waals surface area contributed by atoms with Crippen LogP contribution in [0.25, 0.3) is 10.2 Å². The summed E-state index contributed by atoms with van der Waals surface area (Å²) in [5.41, 5.74) is 0.719. The highest BCUT2D eigenvalue weighted by molar-refractivity contribution is 7.18. The maximum atomic E-state index is 11.6. The quantitative estimate of drug-likeness (QED) is 0.879. The molecular weight excluding hydrogens is 304 g/mol. The Hall–Kier alpha value is -2.15. The zero-order valence-electron chi connectivity index (χ0n) is 12.9. The van der Waals surface area contributed by atoms with E-state index >= 15 is 0 Å². The van der Waals surface area contributed by atoms with Crippen LogP contribution in [0.4, 0.5) is 4.79 Å². The van der Waals surface area contributed by atoms with Gasteiger partial charge in [-0.15, -0.1) is 11.3 Å². The number of fused-ring (bicyclic) bond motifs is 1. The Kier molecular flexibility index (Phi) is 4.65. The first kappa shape index (κ1) is 16.2. The van der Waals surface area contributed by atoms with E-state index in [9.17, 15) is 9.59 Å². The molecule has 1 N–H and O–H groups in total. The van der Waals surface area contributed by atoms with Gasteiger partial charge >= 0.3 is 12.1 Å². The largest absolute Gasteiger partial charge is 0.465 e. The number of benzene rings is 1. The third kappa shape index (κ3) is 4.17. The van der Waals surface area contributed by atoms with Gasteiger partial charge in [-0.05, 0) is 39.0 Å². The van der Waals surface area contributed by atoms with E-state index in [0.29, 0.717) is 5.56 Å². The van der Waals surface area contributed by atoms with Gasteiger partial charge in [-0.1, -0.05) is 0 Å². The zero-order chi connectivity index (χ0) is 16.3. The van der Waals surface area contributed by atoms with Crippen LogP contribution >= 0.6 is 11.3 Å². The molecule has 2 rings (SSSR count). The van der Waals surface area contributed by atoms with Gasteiger partial charge in [0.05, 0.1) is 29.4 Å². The maximum Gasteiger partial charge on any atom is 0.408 e. The molecule has 22 heavy (non-hydrogen) atoms. The summed E-state index contributed by atoms with van der Waals surface area (Å²) in [7, 11) is 1.34. The summed E-state index contributed by atoms with van der Waals surface area (Å²) in [6.45, 7) is 5.69. The smallest absolute Gasteiger partial charge is 0.408 e. The van der Waals surface area contributed by atoms with Crippen molar-refractivity contribution in [2.75, 3.05) is 7.11 Å². The van der Waals surface area contributed by atoms with E-state index in [1.54, 1.807) is 39.0 Å². The summed E-state index contributed by atoms with van der Waals surface area (Å²) in [6.07, 6.45) is -0.484. The SMILES string of the molecule is COC(=O)c1ccc2nc(CNC(=O)OC(C)(C)C)sc2c1. The van der Waals surface area contributed by atoms with Gasteiger partial charge in [0.1, 0.15) is 10.6 Å². The Morgan fingerprint density at radius 3 is 2.68 bits per heavy atom. The van der Waals surface area contributed by atoms with Gasteiger partial charge in [0.2, 0.25) is 0 Å². The van der Waals surface area contributed by atoms with Gasteiger partial charge in [0.25, 0.3) is 0 Å². The summed E-state index contributed by atoms with van der Waals surface area (Å²) in [5, 5.41) is 3.40. The molecule has 0 radical (unpaired) electrons. The van der Waals surface area contributed by atoms with Crippen LogP contribution in [-0.4, -0.2) is 29.8 Å². The number of thiazole rings is 1. The minimum absolute atomic E-state index is 0.280. The zero-order valence-corrected chi connectivity index (χ0v) is 13.7. The minimum Gasteiger partial charge on any atom is -0.465 e. The molecule has 1 aromatic carbocycles. The lowest BCUT2D eigenvalue weighted by Crippen LogP contribution is -2.32. The first-order valence-electron chi connectivity index (χ1n) is 6.73. The third-order valence-electron chi connectivity index (χ3n) is 2.64. The standard InChI is InChI=1S/C15H18N2O4S/c1-15(2,3)21-14(19)16-8-12-17-10-6-5-9(13(18)20-4)7-11(10)22-12/h5-7H,8H2,1-4H3,(H,16,19). The molecule has 0 fully saturated rings. The molecule has 0 aliphatic rings. The Bertz CT molecular complexity index is 703. The first-order chi connectivity index (χ1) is 10.3. The third-order valence-corrected chi connectivity index (χ3v) is 3.65. The number of aromatic nitrogens is 1. The highest BCUT2D eigenvalue weighted by Crippen LogP contribution is 2.23. The van der Waals surface area contributed by atoms with E-state index < -0.39 is 11.7 Å². The molecule has 118 valence electrons. The van der Waals surface area contributed by atoms with Crippen molar-refractivity contribution in [3.8, 4) is 0 Å². The van der Waals surface area contributed by atoms with Crippen molar-refractivity contribution >= 4 is 33.6 Å². The number of carbonyl (C=O) groups is 2. The van der Waals surface area contributed by atoms with Crippen LogP contribution < -0.4 is 5.32 Å². The summed E-state index contributed by atoms with van der Waals surface area (Å²) in [6, 6.07) is 5.16. The number of hydrogen-bond acceptors (Lipinski definition) is 6. The molecular formula is C15H18N2O4S. The summed E-state index contributed by atoms with van der Waals surface area (Å²) < 4.78 is 10.7. The normalized spacial score (nSPS) is 11.3. The van der Waals surface area contributed by atoms with E-state index in [1.807, 2.05) is 0 Å². The average Bonchev–Trinajstić information content (AvgIpc) is 2.84. The van der Waals surface area contributed by atoms with Crippen molar-refractivity contribution in [1.29, 1.82) is 0 Å². The molecule has 0 aliphatic carbocycles. The predicted molar refractivity (Wildman–Crippen MR) is 84.0 cm³/mol. The molecule has 1 aromatic heterocycles. The lowest BCUT2D eigenvalue weighted by molar-refractivity contribution is 0.0522. The Morgan fingerprint density at radius 2 is 2.05 bits per heavy atom. The fraction of sp³-hybridized carbons (Fsp3) is 0.400. The fourth-order valence-corrected chi connectivity index (χ4v) is 2.70. The number of ether oxygens (including phenoxy) is 2. The number of alkyl carbamates (subject to hydrolysis) is 1.